The predicted molar refractivity (Wildman–Crippen MR) is 75.9 cm³/mol. The number of rotatable bonds is 2. The van der Waals surface area contributed by atoms with Crippen LogP contribution in [0.2, 0.25) is 0 Å². The normalized spacial score (nSPS) is 25.4. The van der Waals surface area contributed by atoms with Gasteiger partial charge in [-0.1, -0.05) is 0 Å². The summed E-state index contributed by atoms with van der Waals surface area (Å²) in [6.45, 7) is 2.43. The molecular formula is C13H12N4O3S. The minimum atomic E-state index is -1.06. The highest BCUT2D eigenvalue weighted by atomic mass is 32.2. The molecule has 3 aliphatic rings. The topological polar surface area (TPSA) is 87.5 Å². The summed E-state index contributed by atoms with van der Waals surface area (Å²) in [6, 6.07) is 0. The van der Waals surface area contributed by atoms with Crippen molar-refractivity contribution in [3.05, 3.63) is 34.4 Å². The third-order valence-electron chi connectivity index (χ3n) is 3.82. The zero-order chi connectivity index (χ0) is 14.6. The summed E-state index contributed by atoms with van der Waals surface area (Å²) in [5.74, 6) is -0.339. The monoisotopic (exact) mass is 304 g/mol. The van der Waals surface area contributed by atoms with E-state index in [1.807, 2.05) is 6.08 Å². The molecule has 1 aromatic rings. The van der Waals surface area contributed by atoms with Crippen molar-refractivity contribution in [2.24, 2.45) is 0 Å². The lowest BCUT2D eigenvalue weighted by atomic mass is 10.0. The maximum absolute atomic E-state index is 12.2. The van der Waals surface area contributed by atoms with Crippen LogP contribution in [-0.2, 0) is 22.7 Å². The standard InChI is InChI=1S/C13H12N4O3S/c18-11-8(12-17(11)9(6-21-12)13(19)20)3-7-4-15-10-5-14-1-2-16(7)10/h3-4,6,12,14H,1-2,5H2,(H,19,20)/b8-3-/t12-/m1/s1. The second-order valence-electron chi connectivity index (χ2n) is 5.00. The number of carboxylic acid groups (broad SMARTS) is 1. The van der Waals surface area contributed by atoms with Gasteiger partial charge in [0.05, 0.1) is 24.0 Å². The fraction of sp³-hybridized carbons (Fsp3) is 0.308. The summed E-state index contributed by atoms with van der Waals surface area (Å²) < 4.78 is 2.09. The number of carboxylic acids is 1. The summed E-state index contributed by atoms with van der Waals surface area (Å²) in [4.78, 5) is 28.9. The van der Waals surface area contributed by atoms with E-state index in [9.17, 15) is 9.59 Å². The van der Waals surface area contributed by atoms with Crippen LogP contribution in [0.4, 0.5) is 0 Å². The van der Waals surface area contributed by atoms with E-state index in [1.54, 1.807) is 6.20 Å². The number of aromatic nitrogens is 2. The van der Waals surface area contributed by atoms with Crippen molar-refractivity contribution < 1.29 is 14.7 Å². The molecule has 7 nitrogen and oxygen atoms in total. The lowest BCUT2D eigenvalue weighted by molar-refractivity contribution is -0.141. The minimum absolute atomic E-state index is 0.0617. The van der Waals surface area contributed by atoms with Crippen molar-refractivity contribution in [2.75, 3.05) is 6.54 Å². The first kappa shape index (κ1) is 12.7. The SMILES string of the molecule is O=C(O)C1=CS[C@@H]2/C(=C\c3cnc4n3CCNC4)C(=O)N12. The van der Waals surface area contributed by atoms with Crippen LogP contribution in [0.15, 0.2) is 22.9 Å². The molecule has 0 spiro atoms. The molecule has 4 heterocycles. The van der Waals surface area contributed by atoms with Gasteiger partial charge in [0.2, 0.25) is 0 Å². The van der Waals surface area contributed by atoms with Crippen LogP contribution in [0.1, 0.15) is 11.5 Å². The second kappa shape index (κ2) is 4.47. The Morgan fingerprint density at radius 3 is 3.24 bits per heavy atom. The highest BCUT2D eigenvalue weighted by Crippen LogP contribution is 2.45. The number of nitrogens with zero attached hydrogens (tertiary/aromatic N) is 3. The quantitative estimate of drug-likeness (QED) is 0.600. The zero-order valence-electron chi connectivity index (χ0n) is 10.9. The molecule has 0 unspecified atom stereocenters. The molecule has 0 aliphatic carbocycles. The predicted octanol–water partition coefficient (Wildman–Crippen LogP) is 0.211. The molecule has 0 saturated carbocycles. The number of carbonyl (C=O) groups excluding carboxylic acids is 1. The van der Waals surface area contributed by atoms with Crippen LogP contribution in [0.25, 0.3) is 6.08 Å². The Morgan fingerprint density at radius 1 is 1.57 bits per heavy atom. The van der Waals surface area contributed by atoms with E-state index < -0.39 is 5.97 Å². The molecule has 3 aliphatic heterocycles. The molecule has 2 N–H and O–H groups in total. The summed E-state index contributed by atoms with van der Waals surface area (Å²) in [5.41, 5.74) is 1.60. The number of imidazole rings is 1. The van der Waals surface area contributed by atoms with Crippen LogP contribution >= 0.6 is 11.8 Å². The highest BCUT2D eigenvalue weighted by Gasteiger charge is 2.49. The first-order valence-corrected chi connectivity index (χ1v) is 7.50. The van der Waals surface area contributed by atoms with Crippen LogP contribution in [-0.4, -0.2) is 43.4 Å². The van der Waals surface area contributed by atoms with Gasteiger partial charge in [-0.2, -0.15) is 0 Å². The van der Waals surface area contributed by atoms with E-state index in [0.29, 0.717) is 5.57 Å². The van der Waals surface area contributed by atoms with E-state index in [0.717, 1.165) is 31.2 Å². The molecule has 1 saturated heterocycles. The van der Waals surface area contributed by atoms with E-state index in [1.165, 1.54) is 22.1 Å². The third kappa shape index (κ3) is 1.76. The molecule has 108 valence electrons. The zero-order valence-corrected chi connectivity index (χ0v) is 11.8. The van der Waals surface area contributed by atoms with Gasteiger partial charge in [-0.3, -0.25) is 9.69 Å². The largest absolute Gasteiger partial charge is 0.477 e. The molecular weight excluding hydrogens is 292 g/mol. The Morgan fingerprint density at radius 2 is 2.43 bits per heavy atom. The Kier molecular flexibility index (Phi) is 2.69. The van der Waals surface area contributed by atoms with Gasteiger partial charge in [0.15, 0.2) is 0 Å². The number of thioether (sulfide) groups is 1. The van der Waals surface area contributed by atoms with Gasteiger partial charge in [0, 0.05) is 18.5 Å². The number of carbonyl (C=O) groups is 2. The molecule has 0 bridgehead atoms. The number of nitrogens with one attached hydrogen (secondary N) is 1. The molecule has 1 atom stereocenters. The van der Waals surface area contributed by atoms with Crippen molar-refractivity contribution >= 4 is 29.7 Å². The Labute approximate surface area is 124 Å². The van der Waals surface area contributed by atoms with Gasteiger partial charge >= 0.3 is 5.97 Å². The molecule has 1 fully saturated rings. The van der Waals surface area contributed by atoms with Crippen LogP contribution in [0.5, 0.6) is 0 Å². The number of β-lactam (4-membered cyclic amide) rings is 1. The van der Waals surface area contributed by atoms with Crippen molar-refractivity contribution in [3.63, 3.8) is 0 Å². The van der Waals surface area contributed by atoms with Gasteiger partial charge in [-0.15, -0.1) is 11.8 Å². The second-order valence-corrected chi connectivity index (χ2v) is 5.95. The fourth-order valence-electron chi connectivity index (χ4n) is 2.76. The first-order chi connectivity index (χ1) is 10.2. The minimum Gasteiger partial charge on any atom is -0.477 e. The maximum atomic E-state index is 12.2. The summed E-state index contributed by atoms with van der Waals surface area (Å²) in [6.07, 6.45) is 3.59. The van der Waals surface area contributed by atoms with Crippen molar-refractivity contribution in [1.29, 1.82) is 0 Å². The fourth-order valence-corrected chi connectivity index (χ4v) is 3.88. The van der Waals surface area contributed by atoms with Crippen LogP contribution < -0.4 is 5.32 Å². The molecule has 1 aromatic heterocycles. The van der Waals surface area contributed by atoms with Gasteiger partial charge in [-0.25, -0.2) is 9.78 Å². The lowest BCUT2D eigenvalue weighted by Gasteiger charge is -2.37. The van der Waals surface area contributed by atoms with Gasteiger partial charge in [-0.05, 0) is 6.08 Å². The van der Waals surface area contributed by atoms with E-state index in [4.69, 9.17) is 5.11 Å². The van der Waals surface area contributed by atoms with Gasteiger partial charge in [0.25, 0.3) is 5.91 Å². The maximum Gasteiger partial charge on any atom is 0.353 e. The average molecular weight is 304 g/mol. The summed E-state index contributed by atoms with van der Waals surface area (Å²) in [7, 11) is 0. The Balaban J connectivity index is 1.63. The van der Waals surface area contributed by atoms with E-state index in [-0.39, 0.29) is 17.0 Å². The number of amides is 1. The van der Waals surface area contributed by atoms with E-state index >= 15 is 0 Å². The van der Waals surface area contributed by atoms with Crippen LogP contribution in [0, 0.1) is 0 Å². The summed E-state index contributed by atoms with van der Waals surface area (Å²) >= 11 is 1.35. The molecule has 1 amide bonds. The molecule has 21 heavy (non-hydrogen) atoms. The molecule has 0 aromatic carbocycles. The molecule has 4 rings (SSSR count). The number of hydrogen-bond acceptors (Lipinski definition) is 5. The smallest absolute Gasteiger partial charge is 0.353 e. The average Bonchev–Trinajstić information content (AvgIpc) is 3.06. The van der Waals surface area contributed by atoms with E-state index in [2.05, 4.69) is 14.9 Å². The number of fused-ring (bicyclic) bond motifs is 2. The van der Waals surface area contributed by atoms with Crippen molar-refractivity contribution in [2.45, 2.75) is 18.5 Å². The van der Waals surface area contributed by atoms with Crippen molar-refractivity contribution in [3.8, 4) is 0 Å². The summed E-state index contributed by atoms with van der Waals surface area (Å²) in [5, 5.41) is 13.6. The first-order valence-electron chi connectivity index (χ1n) is 6.56. The molecule has 8 heteroatoms. The van der Waals surface area contributed by atoms with Gasteiger partial charge in [0.1, 0.15) is 16.9 Å². The highest BCUT2D eigenvalue weighted by molar-refractivity contribution is 8.03. The third-order valence-corrected chi connectivity index (χ3v) is 4.90. The molecule has 0 radical (unpaired) electrons. The van der Waals surface area contributed by atoms with Gasteiger partial charge < -0.3 is 15.0 Å². The number of hydrogen-bond donors (Lipinski definition) is 2. The Hall–Kier alpha value is -2.06. The Bertz CT molecular complexity index is 721. The van der Waals surface area contributed by atoms with Crippen molar-refractivity contribution in [1.82, 2.24) is 19.8 Å². The lowest BCUT2D eigenvalue weighted by Crippen LogP contribution is -2.51. The van der Waals surface area contributed by atoms with Crippen LogP contribution in [0.3, 0.4) is 0 Å². The number of aliphatic carboxylic acids is 1.